The van der Waals surface area contributed by atoms with Crippen LogP contribution in [0.1, 0.15) is 22.8 Å². The summed E-state index contributed by atoms with van der Waals surface area (Å²) in [4.78, 5) is 0. The lowest BCUT2D eigenvalue weighted by molar-refractivity contribution is 0.177. The molecule has 0 bridgehead atoms. The average molecular weight is 435 g/mol. The Labute approximate surface area is 147 Å². The van der Waals surface area contributed by atoms with E-state index in [-0.39, 0.29) is 0 Å². The highest BCUT2D eigenvalue weighted by atomic mass is 127. The topological polar surface area (TPSA) is 29.5 Å². The van der Waals surface area contributed by atoms with E-state index in [0.29, 0.717) is 23.1 Å². The summed E-state index contributed by atoms with van der Waals surface area (Å²) in [5, 5.41) is 11.8. The molecule has 0 spiro atoms. The van der Waals surface area contributed by atoms with E-state index in [1.165, 1.54) is 0 Å². The van der Waals surface area contributed by atoms with Crippen molar-refractivity contribution in [3.63, 3.8) is 0 Å². The largest absolute Gasteiger partial charge is 0.493 e. The van der Waals surface area contributed by atoms with Crippen molar-refractivity contribution in [3.05, 3.63) is 60.6 Å². The maximum Gasteiger partial charge on any atom is 0.126 e. The lowest BCUT2D eigenvalue weighted by Gasteiger charge is -2.15. The van der Waals surface area contributed by atoms with E-state index >= 15 is 0 Å². The predicted octanol–water partition coefficient (Wildman–Crippen LogP) is 4.81. The molecule has 1 atom stereocenters. The first-order chi connectivity index (χ1) is 10.0. The van der Waals surface area contributed by atoms with Crippen LogP contribution in [-0.4, -0.2) is 11.7 Å². The van der Waals surface area contributed by atoms with Crippen LogP contribution in [0.3, 0.4) is 0 Å². The minimum Gasteiger partial charge on any atom is -0.493 e. The van der Waals surface area contributed by atoms with E-state index in [1.807, 2.05) is 24.3 Å². The number of aliphatic hydroxyl groups excluding tert-OH is 1. The number of ether oxygens (including phenoxy) is 1. The Morgan fingerprint density at radius 2 is 2.05 bits per heavy atom. The van der Waals surface area contributed by atoms with Crippen LogP contribution in [0.25, 0.3) is 0 Å². The van der Waals surface area contributed by atoms with Gasteiger partial charge in [0.25, 0.3) is 0 Å². The molecule has 1 aliphatic rings. The molecule has 0 radical (unpaired) electrons. The van der Waals surface area contributed by atoms with E-state index in [1.54, 1.807) is 6.07 Å². The molecule has 0 aromatic heterocycles. The molecule has 0 aliphatic carbocycles. The van der Waals surface area contributed by atoms with Crippen LogP contribution in [0, 0.1) is 3.57 Å². The second-order valence-corrected chi connectivity index (χ2v) is 7.05. The zero-order valence-electron chi connectivity index (χ0n) is 11.1. The number of benzene rings is 2. The van der Waals surface area contributed by atoms with Crippen molar-refractivity contribution in [3.8, 4) is 5.75 Å². The van der Waals surface area contributed by atoms with Crippen LogP contribution in [0.15, 0.2) is 30.3 Å². The van der Waals surface area contributed by atoms with Gasteiger partial charge in [-0.1, -0.05) is 29.3 Å². The molecule has 2 aromatic rings. The first-order valence-electron chi connectivity index (χ1n) is 6.61. The molecule has 0 fully saturated rings. The van der Waals surface area contributed by atoms with Gasteiger partial charge in [-0.25, -0.2) is 0 Å². The number of halogens is 3. The van der Waals surface area contributed by atoms with Crippen molar-refractivity contribution in [2.24, 2.45) is 0 Å². The molecule has 1 N–H and O–H groups in total. The molecule has 110 valence electrons. The minimum absolute atomic E-state index is 0.458. The molecule has 0 saturated heterocycles. The molecule has 21 heavy (non-hydrogen) atoms. The molecule has 2 aromatic carbocycles. The fraction of sp³-hybridized carbons (Fsp3) is 0.250. The summed E-state index contributed by atoms with van der Waals surface area (Å²) < 4.78 is 6.64. The molecule has 1 unspecified atom stereocenters. The SMILES string of the molecule is OC(Cc1cc(Cl)cc2c1OCC2)c1ccc(I)c(Cl)c1. The predicted molar refractivity (Wildman–Crippen MR) is 93.5 cm³/mol. The highest BCUT2D eigenvalue weighted by molar-refractivity contribution is 14.1. The maximum absolute atomic E-state index is 10.5. The Kier molecular flexibility index (Phi) is 4.64. The van der Waals surface area contributed by atoms with Gasteiger partial charge < -0.3 is 9.84 Å². The Bertz CT molecular complexity index is 688. The number of fused-ring (bicyclic) bond motifs is 1. The van der Waals surface area contributed by atoms with E-state index < -0.39 is 6.10 Å². The van der Waals surface area contributed by atoms with Gasteiger partial charge in [0.1, 0.15) is 5.75 Å². The van der Waals surface area contributed by atoms with E-state index in [9.17, 15) is 5.11 Å². The summed E-state index contributed by atoms with van der Waals surface area (Å²) in [6, 6.07) is 9.40. The molecular weight excluding hydrogens is 422 g/mol. The van der Waals surface area contributed by atoms with E-state index in [4.69, 9.17) is 27.9 Å². The summed E-state index contributed by atoms with van der Waals surface area (Å²) in [5.74, 6) is 0.870. The van der Waals surface area contributed by atoms with Gasteiger partial charge in [-0.2, -0.15) is 0 Å². The molecule has 3 rings (SSSR count). The number of rotatable bonds is 3. The second kappa shape index (κ2) is 6.32. The van der Waals surface area contributed by atoms with Gasteiger partial charge >= 0.3 is 0 Å². The van der Waals surface area contributed by atoms with Crippen molar-refractivity contribution in [2.45, 2.75) is 18.9 Å². The quantitative estimate of drug-likeness (QED) is 0.702. The van der Waals surface area contributed by atoms with Crippen molar-refractivity contribution in [1.29, 1.82) is 0 Å². The lowest BCUT2D eigenvalue weighted by atomic mass is 9.99. The van der Waals surface area contributed by atoms with E-state index in [0.717, 1.165) is 32.4 Å². The zero-order chi connectivity index (χ0) is 15.0. The third kappa shape index (κ3) is 3.31. The molecule has 0 saturated carbocycles. The normalized spacial score (nSPS) is 14.7. The number of hydrogen-bond donors (Lipinski definition) is 1. The summed E-state index contributed by atoms with van der Waals surface area (Å²) in [5.41, 5.74) is 2.86. The second-order valence-electron chi connectivity index (χ2n) is 5.05. The van der Waals surface area contributed by atoms with Crippen LogP contribution >= 0.6 is 45.8 Å². The molecule has 5 heteroatoms. The number of aliphatic hydroxyl groups is 1. The van der Waals surface area contributed by atoms with Crippen molar-refractivity contribution in [2.75, 3.05) is 6.61 Å². The van der Waals surface area contributed by atoms with Gasteiger partial charge in [-0.3, -0.25) is 0 Å². The van der Waals surface area contributed by atoms with Crippen LogP contribution in [0.4, 0.5) is 0 Å². The average Bonchev–Trinajstić information content (AvgIpc) is 2.90. The number of hydrogen-bond acceptors (Lipinski definition) is 2. The van der Waals surface area contributed by atoms with Gasteiger partial charge in [0, 0.05) is 21.4 Å². The van der Waals surface area contributed by atoms with Crippen LogP contribution in [-0.2, 0) is 12.8 Å². The summed E-state index contributed by atoms with van der Waals surface area (Å²) >= 11 is 14.4. The molecule has 1 heterocycles. The standard InChI is InChI=1S/C16H13Cl2IO2/c17-12-5-10-3-4-21-16(10)11(6-12)8-15(20)9-1-2-14(19)13(18)7-9/h1-2,5-7,15,20H,3-4,8H2. The Morgan fingerprint density at radius 3 is 2.81 bits per heavy atom. The van der Waals surface area contributed by atoms with Gasteiger partial charge in [0.05, 0.1) is 17.7 Å². The van der Waals surface area contributed by atoms with Gasteiger partial charge in [0.15, 0.2) is 0 Å². The zero-order valence-corrected chi connectivity index (χ0v) is 14.7. The highest BCUT2D eigenvalue weighted by Crippen LogP contribution is 2.35. The maximum atomic E-state index is 10.5. The highest BCUT2D eigenvalue weighted by Gasteiger charge is 2.20. The lowest BCUT2D eigenvalue weighted by Crippen LogP contribution is -2.03. The summed E-state index contributed by atoms with van der Waals surface area (Å²) in [6.45, 7) is 0.675. The molecular formula is C16H13Cl2IO2. The Hall–Kier alpha value is -0.490. The van der Waals surface area contributed by atoms with Gasteiger partial charge in [-0.05, 0) is 63.5 Å². The Morgan fingerprint density at radius 1 is 1.24 bits per heavy atom. The summed E-state index contributed by atoms with van der Waals surface area (Å²) in [6.07, 6.45) is 0.694. The first-order valence-corrected chi connectivity index (χ1v) is 8.45. The van der Waals surface area contributed by atoms with Gasteiger partial charge in [-0.15, -0.1) is 0 Å². The van der Waals surface area contributed by atoms with Crippen LogP contribution in [0.2, 0.25) is 10.0 Å². The third-order valence-corrected chi connectivity index (χ3v) is 5.36. The van der Waals surface area contributed by atoms with Crippen LogP contribution < -0.4 is 4.74 Å². The monoisotopic (exact) mass is 434 g/mol. The minimum atomic E-state index is -0.633. The smallest absolute Gasteiger partial charge is 0.126 e. The summed E-state index contributed by atoms with van der Waals surface area (Å²) in [7, 11) is 0. The van der Waals surface area contributed by atoms with Gasteiger partial charge in [0.2, 0.25) is 0 Å². The van der Waals surface area contributed by atoms with Crippen molar-refractivity contribution in [1.82, 2.24) is 0 Å². The van der Waals surface area contributed by atoms with E-state index in [2.05, 4.69) is 22.6 Å². The molecule has 2 nitrogen and oxygen atoms in total. The Balaban J connectivity index is 1.88. The fourth-order valence-corrected chi connectivity index (χ4v) is 3.33. The molecule has 0 amide bonds. The molecule has 1 aliphatic heterocycles. The first kappa shape index (κ1) is 15.4. The van der Waals surface area contributed by atoms with Crippen molar-refractivity contribution < 1.29 is 9.84 Å². The van der Waals surface area contributed by atoms with Crippen LogP contribution in [0.5, 0.6) is 5.75 Å². The third-order valence-electron chi connectivity index (χ3n) is 3.57. The fourth-order valence-electron chi connectivity index (χ4n) is 2.54. The van der Waals surface area contributed by atoms with Crippen molar-refractivity contribution >= 4 is 45.8 Å².